The van der Waals surface area contributed by atoms with Gasteiger partial charge in [0.25, 0.3) is 0 Å². The number of ether oxygens (including phenoxy) is 1. The number of anilines is 1. The van der Waals surface area contributed by atoms with Gasteiger partial charge in [-0.25, -0.2) is 9.97 Å². The number of methoxy groups -OCH3 is 1. The van der Waals surface area contributed by atoms with Gasteiger partial charge in [-0.05, 0) is 31.4 Å². The first-order valence-electron chi connectivity index (χ1n) is 9.46. The molecule has 1 amide bonds. The quantitative estimate of drug-likeness (QED) is 0.826. The van der Waals surface area contributed by atoms with Crippen molar-refractivity contribution in [3.8, 4) is 5.75 Å². The highest BCUT2D eigenvalue weighted by Crippen LogP contribution is 2.40. The monoisotopic (exact) mass is 367 g/mol. The summed E-state index contributed by atoms with van der Waals surface area (Å²) in [6.07, 6.45) is 8.94. The first kappa shape index (κ1) is 17.7. The van der Waals surface area contributed by atoms with Crippen molar-refractivity contribution < 1.29 is 9.53 Å². The molecule has 142 valence electrons. The average molecular weight is 367 g/mol. The van der Waals surface area contributed by atoms with E-state index in [0.717, 1.165) is 50.5 Å². The molecule has 4 rings (SSSR count). The lowest BCUT2D eigenvalue weighted by Gasteiger charge is -2.48. The fourth-order valence-electron chi connectivity index (χ4n) is 4.22. The maximum Gasteiger partial charge on any atom is 0.225 e. The lowest BCUT2D eigenvalue weighted by molar-refractivity contribution is -0.138. The van der Waals surface area contributed by atoms with Crippen LogP contribution in [0.15, 0.2) is 36.8 Å². The minimum Gasteiger partial charge on any atom is -0.494 e. The first-order chi connectivity index (χ1) is 13.2. The van der Waals surface area contributed by atoms with Crippen molar-refractivity contribution in [2.75, 3.05) is 31.6 Å². The normalized spacial score (nSPS) is 22.9. The van der Waals surface area contributed by atoms with E-state index in [2.05, 4.69) is 19.9 Å². The van der Waals surface area contributed by atoms with Gasteiger partial charge in [0.15, 0.2) is 5.75 Å². The summed E-state index contributed by atoms with van der Waals surface area (Å²) < 4.78 is 5.16. The minimum atomic E-state index is 0.101. The summed E-state index contributed by atoms with van der Waals surface area (Å²) in [5.41, 5.74) is 1.04. The Bertz CT molecular complexity index is 783. The summed E-state index contributed by atoms with van der Waals surface area (Å²) in [6.45, 7) is 3.18. The van der Waals surface area contributed by atoms with Crippen LogP contribution in [0.2, 0.25) is 0 Å². The van der Waals surface area contributed by atoms with Gasteiger partial charge in [0, 0.05) is 37.7 Å². The third-order valence-corrected chi connectivity index (χ3v) is 5.62. The van der Waals surface area contributed by atoms with Crippen LogP contribution in [0.1, 0.15) is 31.4 Å². The molecular weight excluding hydrogens is 342 g/mol. The largest absolute Gasteiger partial charge is 0.494 e. The van der Waals surface area contributed by atoms with E-state index in [-0.39, 0.29) is 11.3 Å². The van der Waals surface area contributed by atoms with E-state index in [1.54, 1.807) is 25.7 Å². The van der Waals surface area contributed by atoms with Crippen molar-refractivity contribution in [2.45, 2.75) is 32.2 Å². The summed E-state index contributed by atoms with van der Waals surface area (Å²) >= 11 is 0. The summed E-state index contributed by atoms with van der Waals surface area (Å²) in [7, 11) is 1.61. The SMILES string of the molecule is COc1cnc(N2CCC[C@@]3(CCC(=O)N(Cc4ccccn4)C3)C2)nc1. The molecule has 27 heavy (non-hydrogen) atoms. The average Bonchev–Trinajstić information content (AvgIpc) is 2.72. The third-order valence-electron chi connectivity index (χ3n) is 5.62. The Balaban J connectivity index is 1.48. The van der Waals surface area contributed by atoms with Crippen molar-refractivity contribution in [1.82, 2.24) is 19.9 Å². The molecule has 7 heteroatoms. The third kappa shape index (κ3) is 3.86. The predicted octanol–water partition coefficient (Wildman–Crippen LogP) is 2.29. The molecule has 2 aromatic rings. The van der Waals surface area contributed by atoms with Crippen LogP contribution in [0.25, 0.3) is 0 Å². The number of pyridine rings is 1. The molecule has 2 aliphatic rings. The summed E-state index contributed by atoms with van der Waals surface area (Å²) in [5.74, 6) is 1.63. The lowest BCUT2D eigenvalue weighted by atomic mass is 9.73. The van der Waals surface area contributed by atoms with Crippen LogP contribution in [0.4, 0.5) is 5.95 Å². The number of hydrogen-bond donors (Lipinski definition) is 0. The number of amides is 1. The zero-order valence-corrected chi connectivity index (χ0v) is 15.7. The maximum absolute atomic E-state index is 12.5. The van der Waals surface area contributed by atoms with Crippen molar-refractivity contribution >= 4 is 11.9 Å². The molecular formula is C20H25N5O2. The first-order valence-corrected chi connectivity index (χ1v) is 9.46. The Morgan fingerprint density at radius 3 is 2.74 bits per heavy atom. The van der Waals surface area contributed by atoms with Crippen molar-refractivity contribution in [2.24, 2.45) is 5.41 Å². The fourth-order valence-corrected chi connectivity index (χ4v) is 4.22. The zero-order valence-electron chi connectivity index (χ0n) is 15.7. The van der Waals surface area contributed by atoms with Gasteiger partial charge in [-0.3, -0.25) is 9.78 Å². The second-order valence-corrected chi connectivity index (χ2v) is 7.52. The second kappa shape index (κ2) is 7.50. The van der Waals surface area contributed by atoms with Crippen LogP contribution in [0, 0.1) is 5.41 Å². The summed E-state index contributed by atoms with van der Waals surface area (Å²) in [6, 6.07) is 5.85. The van der Waals surface area contributed by atoms with Gasteiger partial charge in [-0.15, -0.1) is 0 Å². The molecule has 0 N–H and O–H groups in total. The number of hydrogen-bond acceptors (Lipinski definition) is 6. The summed E-state index contributed by atoms with van der Waals surface area (Å²) in [4.78, 5) is 30.0. The Morgan fingerprint density at radius 1 is 1.15 bits per heavy atom. The van der Waals surface area contributed by atoms with Gasteiger partial charge >= 0.3 is 0 Å². The van der Waals surface area contributed by atoms with Gasteiger partial charge in [0.1, 0.15) is 0 Å². The lowest BCUT2D eigenvalue weighted by Crippen LogP contribution is -2.54. The molecule has 0 unspecified atom stereocenters. The molecule has 1 spiro atoms. The number of carbonyl (C=O) groups excluding carboxylic acids is 1. The van der Waals surface area contributed by atoms with Gasteiger partial charge < -0.3 is 14.5 Å². The fraction of sp³-hybridized carbons (Fsp3) is 0.500. The highest BCUT2D eigenvalue weighted by molar-refractivity contribution is 5.77. The molecule has 2 aliphatic heterocycles. The molecule has 4 heterocycles. The predicted molar refractivity (Wildman–Crippen MR) is 101 cm³/mol. The molecule has 2 aromatic heterocycles. The van der Waals surface area contributed by atoms with E-state index in [0.29, 0.717) is 18.7 Å². The van der Waals surface area contributed by atoms with E-state index in [1.807, 2.05) is 23.1 Å². The molecule has 1 atom stereocenters. The van der Waals surface area contributed by atoms with Crippen LogP contribution < -0.4 is 9.64 Å². The number of nitrogens with zero attached hydrogens (tertiary/aromatic N) is 5. The van der Waals surface area contributed by atoms with E-state index >= 15 is 0 Å². The highest BCUT2D eigenvalue weighted by Gasteiger charge is 2.42. The van der Waals surface area contributed by atoms with Crippen LogP contribution in [-0.2, 0) is 11.3 Å². The van der Waals surface area contributed by atoms with Crippen LogP contribution >= 0.6 is 0 Å². The standard InChI is InChI=1S/C20H25N5O2/c1-27-17-11-22-19(23-12-17)24-10-4-7-20(14-24)8-6-18(26)25(15-20)13-16-5-2-3-9-21-16/h2-3,5,9,11-12H,4,6-8,10,13-15H2,1H3/t20-/m1/s1. The second-order valence-electron chi connectivity index (χ2n) is 7.52. The van der Waals surface area contributed by atoms with E-state index < -0.39 is 0 Å². The molecule has 7 nitrogen and oxygen atoms in total. The van der Waals surface area contributed by atoms with Gasteiger partial charge in [-0.2, -0.15) is 0 Å². The Labute approximate surface area is 159 Å². The highest BCUT2D eigenvalue weighted by atomic mass is 16.5. The maximum atomic E-state index is 12.5. The van der Waals surface area contributed by atoms with Crippen molar-refractivity contribution in [1.29, 1.82) is 0 Å². The van der Waals surface area contributed by atoms with Gasteiger partial charge in [0.05, 0.1) is 31.7 Å². The number of carbonyl (C=O) groups is 1. The minimum absolute atomic E-state index is 0.101. The Hall–Kier alpha value is -2.70. The smallest absolute Gasteiger partial charge is 0.225 e. The molecule has 2 fully saturated rings. The molecule has 0 radical (unpaired) electrons. The number of likely N-dealkylation sites (tertiary alicyclic amines) is 1. The molecule has 0 aliphatic carbocycles. The van der Waals surface area contributed by atoms with Crippen LogP contribution in [0.5, 0.6) is 5.75 Å². The topological polar surface area (TPSA) is 71.5 Å². The van der Waals surface area contributed by atoms with Crippen LogP contribution in [0.3, 0.4) is 0 Å². The number of rotatable bonds is 4. The summed E-state index contributed by atoms with van der Waals surface area (Å²) in [5, 5.41) is 0. The number of piperidine rings is 2. The van der Waals surface area contributed by atoms with E-state index in [1.165, 1.54) is 0 Å². The molecule has 0 bridgehead atoms. The zero-order chi connectivity index (χ0) is 18.7. The molecule has 0 saturated carbocycles. The molecule has 0 aromatic carbocycles. The van der Waals surface area contributed by atoms with Crippen molar-refractivity contribution in [3.63, 3.8) is 0 Å². The Morgan fingerprint density at radius 2 is 2.00 bits per heavy atom. The van der Waals surface area contributed by atoms with E-state index in [4.69, 9.17) is 4.74 Å². The van der Waals surface area contributed by atoms with Crippen molar-refractivity contribution in [3.05, 3.63) is 42.5 Å². The van der Waals surface area contributed by atoms with Crippen LogP contribution in [-0.4, -0.2) is 52.5 Å². The number of aromatic nitrogens is 3. The Kier molecular flexibility index (Phi) is 4.92. The molecule has 2 saturated heterocycles. The van der Waals surface area contributed by atoms with Gasteiger partial charge in [0.2, 0.25) is 11.9 Å². The van der Waals surface area contributed by atoms with Gasteiger partial charge in [-0.1, -0.05) is 6.07 Å². The van der Waals surface area contributed by atoms with E-state index in [9.17, 15) is 4.79 Å².